The molecule has 3 fully saturated rings. The van der Waals surface area contributed by atoms with Gasteiger partial charge in [-0.15, -0.1) is 0 Å². The lowest BCUT2D eigenvalue weighted by molar-refractivity contribution is -0.142. The molecular formula is C20H24F2N2O3. The van der Waals surface area contributed by atoms with Gasteiger partial charge in [-0.25, -0.2) is 13.6 Å². The van der Waals surface area contributed by atoms with Crippen molar-refractivity contribution < 1.29 is 23.1 Å². The Morgan fingerprint density at radius 3 is 2.37 bits per heavy atom. The van der Waals surface area contributed by atoms with Crippen LogP contribution >= 0.6 is 0 Å². The maximum absolute atomic E-state index is 13.3. The summed E-state index contributed by atoms with van der Waals surface area (Å²) in [6.07, 6.45) is 2.57. The fourth-order valence-electron chi connectivity index (χ4n) is 4.51. The van der Waals surface area contributed by atoms with Gasteiger partial charge in [-0.05, 0) is 37.2 Å². The topological polar surface area (TPSA) is 58.6 Å². The lowest BCUT2D eigenvalue weighted by Crippen LogP contribution is -2.58. The zero-order chi connectivity index (χ0) is 19.2. The Morgan fingerprint density at radius 2 is 1.85 bits per heavy atom. The van der Waals surface area contributed by atoms with E-state index in [4.69, 9.17) is 4.74 Å². The molecular weight excluding hydrogens is 354 g/mol. The molecule has 1 aliphatic carbocycles. The van der Waals surface area contributed by atoms with Gasteiger partial charge in [0.15, 0.2) is 0 Å². The summed E-state index contributed by atoms with van der Waals surface area (Å²) in [6.45, 7) is 2.62. The molecule has 2 saturated heterocycles. The molecule has 0 unspecified atom stereocenters. The number of nitrogens with one attached hydrogen (secondary N) is 1. The van der Waals surface area contributed by atoms with E-state index < -0.39 is 12.0 Å². The standard InChI is InChI=1S/C20H24F2N2O3/c1-19(21,22)16-4-2-13(3-5-16)14-6-8-24(9-7-14)17(25)15-10-20(11-15)12-27-18(26)23-20/h2-5,14-15H,6-12H2,1H3,(H,23,26)/t15-,20+. The summed E-state index contributed by atoms with van der Waals surface area (Å²) in [5.41, 5.74) is 0.753. The molecule has 2 amide bonds. The van der Waals surface area contributed by atoms with Gasteiger partial charge in [0.1, 0.15) is 6.61 Å². The number of ether oxygens (including phenoxy) is 1. The number of alkyl halides is 2. The van der Waals surface area contributed by atoms with E-state index in [0.29, 0.717) is 38.5 Å². The van der Waals surface area contributed by atoms with E-state index in [1.807, 2.05) is 4.90 Å². The van der Waals surface area contributed by atoms with Gasteiger partial charge in [0, 0.05) is 31.5 Å². The second-order valence-electron chi connectivity index (χ2n) is 8.20. The van der Waals surface area contributed by atoms with Crippen molar-refractivity contribution in [3.8, 4) is 0 Å². The number of carbonyl (C=O) groups is 2. The molecule has 5 nitrogen and oxygen atoms in total. The van der Waals surface area contributed by atoms with Crippen molar-refractivity contribution in [3.63, 3.8) is 0 Å². The number of hydrogen-bond donors (Lipinski definition) is 1. The van der Waals surface area contributed by atoms with E-state index >= 15 is 0 Å². The largest absolute Gasteiger partial charge is 0.447 e. The van der Waals surface area contributed by atoms with Gasteiger partial charge < -0.3 is 15.0 Å². The number of cyclic esters (lactones) is 1. The molecule has 0 bridgehead atoms. The minimum Gasteiger partial charge on any atom is -0.447 e. The normalized spacial score (nSPS) is 28.6. The van der Waals surface area contributed by atoms with Crippen molar-refractivity contribution in [3.05, 3.63) is 35.4 Å². The average molecular weight is 378 g/mol. The zero-order valence-electron chi connectivity index (χ0n) is 15.3. The molecule has 7 heteroatoms. The van der Waals surface area contributed by atoms with Crippen LogP contribution in [0.15, 0.2) is 24.3 Å². The van der Waals surface area contributed by atoms with Crippen molar-refractivity contribution in [2.75, 3.05) is 19.7 Å². The SMILES string of the molecule is CC(F)(F)c1ccc(C2CCN(C(=O)[C@H]3C[C@]4(COC(=O)N4)C3)CC2)cc1. The van der Waals surface area contributed by atoms with Gasteiger partial charge in [0.2, 0.25) is 5.91 Å². The summed E-state index contributed by atoms with van der Waals surface area (Å²) in [4.78, 5) is 25.8. The number of benzene rings is 1. The number of alkyl carbamates (subject to hydrolysis) is 1. The highest BCUT2D eigenvalue weighted by atomic mass is 19.3. The van der Waals surface area contributed by atoms with Gasteiger partial charge in [0.25, 0.3) is 5.92 Å². The van der Waals surface area contributed by atoms with Crippen LogP contribution < -0.4 is 5.32 Å². The molecule has 1 spiro atoms. The first-order chi connectivity index (χ1) is 12.8. The third kappa shape index (κ3) is 3.51. The summed E-state index contributed by atoms with van der Waals surface area (Å²) in [5.74, 6) is -2.42. The third-order valence-corrected chi connectivity index (χ3v) is 6.17. The predicted molar refractivity (Wildman–Crippen MR) is 94.5 cm³/mol. The number of rotatable bonds is 3. The van der Waals surface area contributed by atoms with E-state index in [0.717, 1.165) is 25.3 Å². The highest BCUT2D eigenvalue weighted by molar-refractivity contribution is 5.81. The summed E-state index contributed by atoms with van der Waals surface area (Å²) in [5, 5.41) is 2.81. The first-order valence-electron chi connectivity index (χ1n) is 9.48. The average Bonchev–Trinajstić information content (AvgIpc) is 3.02. The Kier molecular flexibility index (Phi) is 4.35. The highest BCUT2D eigenvalue weighted by Crippen LogP contribution is 2.42. The van der Waals surface area contributed by atoms with Gasteiger partial charge in [-0.3, -0.25) is 4.79 Å². The Morgan fingerprint density at radius 1 is 1.22 bits per heavy atom. The van der Waals surface area contributed by atoms with Crippen LogP contribution in [0.25, 0.3) is 0 Å². The third-order valence-electron chi connectivity index (χ3n) is 6.17. The number of nitrogens with zero attached hydrogens (tertiary/aromatic N) is 1. The van der Waals surface area contributed by atoms with Crippen LogP contribution in [0.3, 0.4) is 0 Å². The molecule has 4 rings (SSSR count). The van der Waals surface area contributed by atoms with Crippen molar-refractivity contribution >= 4 is 12.0 Å². The van der Waals surface area contributed by atoms with E-state index in [1.165, 1.54) is 12.1 Å². The van der Waals surface area contributed by atoms with Crippen LogP contribution in [-0.2, 0) is 15.5 Å². The predicted octanol–water partition coefficient (Wildman–Crippen LogP) is 3.39. The fraction of sp³-hybridized carbons (Fsp3) is 0.600. The molecule has 0 radical (unpaired) electrons. The Balaban J connectivity index is 1.29. The van der Waals surface area contributed by atoms with E-state index in [9.17, 15) is 18.4 Å². The number of piperidine rings is 1. The van der Waals surface area contributed by atoms with Crippen molar-refractivity contribution in [1.82, 2.24) is 10.2 Å². The van der Waals surface area contributed by atoms with Gasteiger partial charge >= 0.3 is 6.09 Å². The number of hydrogen-bond acceptors (Lipinski definition) is 3. The van der Waals surface area contributed by atoms with Crippen LogP contribution in [0.2, 0.25) is 0 Å². The first kappa shape index (κ1) is 18.2. The molecule has 27 heavy (non-hydrogen) atoms. The summed E-state index contributed by atoms with van der Waals surface area (Å²) >= 11 is 0. The number of likely N-dealkylation sites (tertiary alicyclic amines) is 1. The summed E-state index contributed by atoms with van der Waals surface area (Å²) in [6, 6.07) is 6.57. The highest BCUT2D eigenvalue weighted by Gasteiger charge is 2.53. The Bertz CT molecular complexity index is 731. The van der Waals surface area contributed by atoms with Crippen LogP contribution in [0.1, 0.15) is 49.7 Å². The van der Waals surface area contributed by atoms with Crippen molar-refractivity contribution in [2.45, 2.75) is 50.0 Å². The fourth-order valence-corrected chi connectivity index (χ4v) is 4.51. The van der Waals surface area contributed by atoms with Crippen LogP contribution in [-0.4, -0.2) is 42.1 Å². The van der Waals surface area contributed by atoms with Gasteiger partial charge in [0.05, 0.1) is 5.54 Å². The van der Waals surface area contributed by atoms with Crippen LogP contribution in [0, 0.1) is 5.92 Å². The second-order valence-corrected chi connectivity index (χ2v) is 8.20. The van der Waals surface area contributed by atoms with Crippen molar-refractivity contribution in [1.29, 1.82) is 0 Å². The van der Waals surface area contributed by atoms with E-state index in [-0.39, 0.29) is 22.9 Å². The molecule has 1 saturated carbocycles. The maximum atomic E-state index is 13.3. The smallest absolute Gasteiger partial charge is 0.407 e. The number of carbonyl (C=O) groups excluding carboxylic acids is 2. The van der Waals surface area contributed by atoms with E-state index in [1.54, 1.807) is 12.1 Å². The second kappa shape index (κ2) is 6.46. The molecule has 1 aromatic rings. The van der Waals surface area contributed by atoms with Crippen LogP contribution in [0.4, 0.5) is 13.6 Å². The minimum absolute atomic E-state index is 0.0285. The van der Waals surface area contributed by atoms with Crippen LogP contribution in [0.5, 0.6) is 0 Å². The maximum Gasteiger partial charge on any atom is 0.407 e. The van der Waals surface area contributed by atoms with Gasteiger partial charge in [-0.1, -0.05) is 24.3 Å². The zero-order valence-corrected chi connectivity index (χ0v) is 15.3. The summed E-state index contributed by atoms with van der Waals surface area (Å²) in [7, 11) is 0. The van der Waals surface area contributed by atoms with Crippen molar-refractivity contribution in [2.24, 2.45) is 5.92 Å². The molecule has 2 aliphatic heterocycles. The Labute approximate surface area is 157 Å². The lowest BCUT2D eigenvalue weighted by Gasteiger charge is -2.45. The Hall–Kier alpha value is -2.18. The molecule has 1 N–H and O–H groups in total. The molecule has 0 atom stereocenters. The monoisotopic (exact) mass is 378 g/mol. The quantitative estimate of drug-likeness (QED) is 0.877. The molecule has 146 valence electrons. The molecule has 1 aromatic carbocycles. The first-order valence-corrected chi connectivity index (χ1v) is 9.48. The number of amides is 2. The minimum atomic E-state index is -2.82. The number of halogens is 2. The lowest BCUT2D eigenvalue weighted by atomic mass is 9.68. The molecule has 2 heterocycles. The molecule has 3 aliphatic rings. The van der Waals surface area contributed by atoms with Gasteiger partial charge in [-0.2, -0.15) is 0 Å². The summed E-state index contributed by atoms with van der Waals surface area (Å²) < 4.78 is 31.6. The molecule has 0 aromatic heterocycles. The van der Waals surface area contributed by atoms with E-state index in [2.05, 4.69) is 5.32 Å².